The van der Waals surface area contributed by atoms with Crippen molar-refractivity contribution in [1.82, 2.24) is 15.5 Å². The molecule has 2 N–H and O–H groups in total. The van der Waals surface area contributed by atoms with Crippen molar-refractivity contribution in [2.24, 2.45) is 16.8 Å². The van der Waals surface area contributed by atoms with Gasteiger partial charge < -0.3 is 10.6 Å². The predicted octanol–water partition coefficient (Wildman–Crippen LogP) is 3.01. The normalized spacial score (nSPS) is 21.1. The van der Waals surface area contributed by atoms with Crippen molar-refractivity contribution in [1.29, 1.82) is 0 Å². The maximum atomic E-state index is 12.4. The van der Waals surface area contributed by atoms with E-state index in [2.05, 4.69) is 22.5 Å². The second kappa shape index (κ2) is 9.49. The summed E-state index contributed by atoms with van der Waals surface area (Å²) in [4.78, 5) is 6.12. The minimum absolute atomic E-state index is 0.493. The minimum Gasteiger partial charge on any atom is -0.357 e. The monoisotopic (exact) mass is 348 g/mol. The van der Waals surface area contributed by atoms with Crippen LogP contribution in [0.25, 0.3) is 0 Å². The zero-order valence-electron chi connectivity index (χ0n) is 14.7. The molecule has 0 spiro atoms. The summed E-state index contributed by atoms with van der Waals surface area (Å²) >= 11 is 0. The van der Waals surface area contributed by atoms with E-state index in [0.29, 0.717) is 19.0 Å². The van der Waals surface area contributed by atoms with E-state index in [1.165, 1.54) is 24.2 Å². The van der Waals surface area contributed by atoms with Crippen molar-refractivity contribution < 1.29 is 13.2 Å². The topological polar surface area (TPSA) is 39.7 Å². The molecule has 140 valence electrons. The van der Waals surface area contributed by atoms with Crippen molar-refractivity contribution in [2.75, 3.05) is 39.3 Å². The van der Waals surface area contributed by atoms with E-state index in [9.17, 15) is 13.2 Å². The molecule has 0 radical (unpaired) electrons. The average Bonchev–Trinajstić information content (AvgIpc) is 3.32. The van der Waals surface area contributed by atoms with Gasteiger partial charge in [-0.25, -0.2) is 0 Å². The molecule has 1 heterocycles. The molecular weight excluding hydrogens is 317 g/mol. The Morgan fingerprint density at radius 3 is 2.29 bits per heavy atom. The lowest BCUT2D eigenvalue weighted by Gasteiger charge is -2.32. The highest BCUT2D eigenvalue weighted by atomic mass is 19.4. The van der Waals surface area contributed by atoms with Gasteiger partial charge in [-0.2, -0.15) is 13.2 Å². The highest BCUT2D eigenvalue weighted by molar-refractivity contribution is 5.79. The fourth-order valence-corrected chi connectivity index (χ4v) is 3.19. The summed E-state index contributed by atoms with van der Waals surface area (Å²) in [5.41, 5.74) is 0. The number of halogens is 3. The maximum Gasteiger partial charge on any atom is 0.401 e. The first-order chi connectivity index (χ1) is 11.5. The smallest absolute Gasteiger partial charge is 0.357 e. The first-order valence-electron chi connectivity index (χ1n) is 9.27. The molecule has 0 aromatic carbocycles. The third kappa shape index (κ3) is 8.22. The van der Waals surface area contributed by atoms with E-state index in [-0.39, 0.29) is 0 Å². The lowest BCUT2D eigenvalue weighted by molar-refractivity contribution is -0.148. The van der Waals surface area contributed by atoms with Gasteiger partial charge in [0.05, 0.1) is 6.54 Å². The summed E-state index contributed by atoms with van der Waals surface area (Å²) in [6.45, 7) is 4.92. The lowest BCUT2D eigenvalue weighted by Crippen LogP contribution is -2.40. The van der Waals surface area contributed by atoms with Gasteiger partial charge in [0, 0.05) is 19.6 Å². The molecule has 2 fully saturated rings. The number of hydrogen-bond acceptors (Lipinski definition) is 2. The molecule has 0 unspecified atom stereocenters. The minimum atomic E-state index is -4.08. The molecule has 1 aliphatic carbocycles. The van der Waals surface area contributed by atoms with E-state index in [4.69, 9.17) is 0 Å². The van der Waals surface area contributed by atoms with Crippen molar-refractivity contribution >= 4 is 5.96 Å². The Balaban J connectivity index is 1.62. The predicted molar refractivity (Wildman–Crippen MR) is 91.2 cm³/mol. The van der Waals surface area contributed by atoms with E-state index in [1.54, 1.807) is 0 Å². The number of aliphatic imine (C=N–C) groups is 1. The summed E-state index contributed by atoms with van der Waals surface area (Å²) in [6, 6.07) is 0. The van der Waals surface area contributed by atoms with E-state index < -0.39 is 12.7 Å². The molecule has 0 amide bonds. The third-order valence-corrected chi connectivity index (χ3v) is 4.80. The zero-order chi connectivity index (χ0) is 17.4. The Bertz CT molecular complexity index is 386. The Morgan fingerprint density at radius 2 is 1.71 bits per heavy atom. The SMILES string of the molecule is CCNC(=NCCC1CCN(CC(F)(F)F)CC1)NCCC1CC1. The van der Waals surface area contributed by atoms with Crippen LogP contribution in [-0.4, -0.2) is 56.3 Å². The number of nitrogens with one attached hydrogen (secondary N) is 2. The Kier molecular flexibility index (Phi) is 7.65. The molecule has 1 saturated heterocycles. The fraction of sp³-hybridized carbons (Fsp3) is 0.941. The maximum absolute atomic E-state index is 12.4. The summed E-state index contributed by atoms with van der Waals surface area (Å²) < 4.78 is 37.2. The molecule has 0 atom stereocenters. The van der Waals surface area contributed by atoms with Gasteiger partial charge in [0.2, 0.25) is 0 Å². The van der Waals surface area contributed by atoms with Crippen LogP contribution in [0, 0.1) is 11.8 Å². The molecular formula is C17H31F3N4. The summed E-state index contributed by atoms with van der Waals surface area (Å²) in [5.74, 6) is 2.27. The number of likely N-dealkylation sites (tertiary alicyclic amines) is 1. The lowest BCUT2D eigenvalue weighted by atomic mass is 9.93. The van der Waals surface area contributed by atoms with Crippen LogP contribution in [0.15, 0.2) is 4.99 Å². The third-order valence-electron chi connectivity index (χ3n) is 4.80. The molecule has 2 aliphatic rings. The van der Waals surface area contributed by atoms with Gasteiger partial charge in [-0.05, 0) is 57.5 Å². The quantitative estimate of drug-likeness (QED) is 0.523. The van der Waals surface area contributed by atoms with Crippen molar-refractivity contribution in [3.63, 3.8) is 0 Å². The number of rotatable bonds is 8. The van der Waals surface area contributed by atoms with Crippen LogP contribution in [0.3, 0.4) is 0 Å². The average molecular weight is 348 g/mol. The summed E-state index contributed by atoms with van der Waals surface area (Å²) in [6.07, 6.45) is 2.50. The van der Waals surface area contributed by atoms with Crippen LogP contribution < -0.4 is 10.6 Å². The second-order valence-electron chi connectivity index (χ2n) is 7.04. The van der Waals surface area contributed by atoms with Crippen LogP contribution in [0.2, 0.25) is 0 Å². The molecule has 7 heteroatoms. The van der Waals surface area contributed by atoms with E-state index >= 15 is 0 Å². The molecule has 0 bridgehead atoms. The molecule has 2 rings (SSSR count). The molecule has 1 saturated carbocycles. The molecule has 0 aromatic heterocycles. The van der Waals surface area contributed by atoms with Gasteiger partial charge in [0.15, 0.2) is 5.96 Å². The van der Waals surface area contributed by atoms with Crippen LogP contribution >= 0.6 is 0 Å². The molecule has 24 heavy (non-hydrogen) atoms. The van der Waals surface area contributed by atoms with Gasteiger partial charge in [0.25, 0.3) is 0 Å². The first-order valence-corrected chi connectivity index (χ1v) is 9.27. The second-order valence-corrected chi connectivity index (χ2v) is 7.04. The van der Waals surface area contributed by atoms with E-state index in [1.807, 2.05) is 0 Å². The first kappa shape index (κ1) is 19.3. The van der Waals surface area contributed by atoms with Crippen molar-refractivity contribution in [3.8, 4) is 0 Å². The van der Waals surface area contributed by atoms with Crippen LogP contribution in [0.4, 0.5) is 13.2 Å². The molecule has 1 aliphatic heterocycles. The Morgan fingerprint density at radius 1 is 1.04 bits per heavy atom. The van der Waals surface area contributed by atoms with Gasteiger partial charge >= 0.3 is 6.18 Å². The van der Waals surface area contributed by atoms with Crippen LogP contribution in [0.5, 0.6) is 0 Å². The van der Waals surface area contributed by atoms with Gasteiger partial charge in [-0.1, -0.05) is 12.8 Å². The number of guanidine groups is 1. The molecule has 0 aromatic rings. The highest BCUT2D eigenvalue weighted by Gasteiger charge is 2.32. The van der Waals surface area contributed by atoms with Crippen molar-refractivity contribution in [2.45, 2.75) is 51.6 Å². The summed E-state index contributed by atoms with van der Waals surface area (Å²) in [5, 5.41) is 6.62. The fourth-order valence-electron chi connectivity index (χ4n) is 3.19. The van der Waals surface area contributed by atoms with E-state index in [0.717, 1.165) is 50.8 Å². The number of piperidine rings is 1. The van der Waals surface area contributed by atoms with Crippen LogP contribution in [-0.2, 0) is 0 Å². The van der Waals surface area contributed by atoms with Crippen LogP contribution in [0.1, 0.15) is 45.4 Å². The Labute approximate surface area is 143 Å². The van der Waals surface area contributed by atoms with Crippen molar-refractivity contribution in [3.05, 3.63) is 0 Å². The number of alkyl halides is 3. The van der Waals surface area contributed by atoms with Gasteiger partial charge in [-0.15, -0.1) is 0 Å². The van der Waals surface area contributed by atoms with Gasteiger partial charge in [0.1, 0.15) is 0 Å². The number of hydrogen-bond donors (Lipinski definition) is 2. The zero-order valence-corrected chi connectivity index (χ0v) is 14.7. The number of nitrogens with zero attached hydrogens (tertiary/aromatic N) is 2. The standard InChI is InChI=1S/C17H31F3N4/c1-2-21-16(22-9-5-14-3-4-14)23-10-6-15-7-11-24(12-8-15)13-17(18,19)20/h14-15H,2-13H2,1H3,(H2,21,22,23). The van der Waals surface area contributed by atoms with Gasteiger partial charge in [-0.3, -0.25) is 9.89 Å². The Hall–Kier alpha value is -0.980. The summed E-state index contributed by atoms with van der Waals surface area (Å²) in [7, 11) is 0. The largest absolute Gasteiger partial charge is 0.401 e. The molecule has 4 nitrogen and oxygen atoms in total. The highest BCUT2D eigenvalue weighted by Crippen LogP contribution is 2.31.